The van der Waals surface area contributed by atoms with E-state index in [1.807, 2.05) is 13.8 Å². The van der Waals surface area contributed by atoms with Gasteiger partial charge in [0.25, 0.3) is 0 Å². The third kappa shape index (κ3) is 3.39. The highest BCUT2D eigenvalue weighted by atomic mass is 19.1. The first-order valence-electron chi connectivity index (χ1n) is 7.98. The molecule has 0 saturated heterocycles. The van der Waals surface area contributed by atoms with Crippen LogP contribution in [0.4, 0.5) is 4.39 Å². The van der Waals surface area contributed by atoms with Crippen molar-refractivity contribution in [2.75, 3.05) is 0 Å². The number of pyridine rings is 1. The fourth-order valence-corrected chi connectivity index (χ4v) is 2.56. The minimum Gasteiger partial charge on any atom is -0.477 e. The van der Waals surface area contributed by atoms with Gasteiger partial charge in [-0.15, -0.1) is 0 Å². The molecule has 0 aliphatic rings. The van der Waals surface area contributed by atoms with Crippen LogP contribution < -0.4 is 5.43 Å². The monoisotopic (exact) mass is 356 g/mol. The number of halogens is 1. The van der Waals surface area contributed by atoms with Crippen molar-refractivity contribution in [2.24, 2.45) is 0 Å². The Kier molecular flexibility index (Phi) is 4.66. The summed E-state index contributed by atoms with van der Waals surface area (Å²) in [5.41, 5.74) is -0.0229. The van der Waals surface area contributed by atoms with E-state index < -0.39 is 11.4 Å². The van der Waals surface area contributed by atoms with E-state index in [0.717, 1.165) is 5.56 Å². The van der Waals surface area contributed by atoms with E-state index in [0.29, 0.717) is 0 Å². The van der Waals surface area contributed by atoms with Gasteiger partial charge in [-0.2, -0.15) is 5.10 Å². The van der Waals surface area contributed by atoms with Gasteiger partial charge in [0.15, 0.2) is 5.82 Å². The fraction of sp³-hybridized carbons (Fsp3) is 0.222. The number of nitrogens with zero attached hydrogens (tertiary/aromatic N) is 4. The van der Waals surface area contributed by atoms with E-state index in [1.54, 1.807) is 22.9 Å². The predicted octanol–water partition coefficient (Wildman–Crippen LogP) is 2.57. The van der Waals surface area contributed by atoms with E-state index in [9.17, 15) is 19.1 Å². The third-order valence-corrected chi connectivity index (χ3v) is 3.97. The smallest absolute Gasteiger partial charge is 0.341 e. The number of aromatic carboxylic acids is 1. The van der Waals surface area contributed by atoms with E-state index in [-0.39, 0.29) is 35.4 Å². The largest absolute Gasteiger partial charge is 0.477 e. The van der Waals surface area contributed by atoms with Gasteiger partial charge in [-0.05, 0) is 31.5 Å². The van der Waals surface area contributed by atoms with Crippen LogP contribution >= 0.6 is 0 Å². The van der Waals surface area contributed by atoms with Crippen molar-refractivity contribution in [3.63, 3.8) is 0 Å². The fourth-order valence-electron chi connectivity index (χ4n) is 2.56. The summed E-state index contributed by atoms with van der Waals surface area (Å²) in [6.45, 7) is 4.03. The highest BCUT2D eigenvalue weighted by Crippen LogP contribution is 2.17. The van der Waals surface area contributed by atoms with Gasteiger partial charge in [-0.25, -0.2) is 18.9 Å². The normalized spacial score (nSPS) is 11.1. The van der Waals surface area contributed by atoms with Gasteiger partial charge in [-0.3, -0.25) is 4.79 Å². The quantitative estimate of drug-likeness (QED) is 0.759. The zero-order chi connectivity index (χ0) is 18.8. The van der Waals surface area contributed by atoms with Gasteiger partial charge < -0.3 is 9.67 Å². The molecule has 0 unspecified atom stereocenters. The average Bonchev–Trinajstić information content (AvgIpc) is 3.04. The molecular formula is C18H17FN4O3. The summed E-state index contributed by atoms with van der Waals surface area (Å²) in [7, 11) is 0. The Bertz CT molecular complexity index is 1010. The van der Waals surface area contributed by atoms with Gasteiger partial charge in [0, 0.05) is 18.4 Å². The van der Waals surface area contributed by atoms with E-state index in [4.69, 9.17) is 0 Å². The van der Waals surface area contributed by atoms with E-state index >= 15 is 0 Å². The van der Waals surface area contributed by atoms with Gasteiger partial charge in [0.1, 0.15) is 17.7 Å². The number of benzene rings is 1. The van der Waals surface area contributed by atoms with Crippen LogP contribution in [0.1, 0.15) is 35.8 Å². The molecule has 0 aliphatic heterocycles. The molecule has 0 amide bonds. The first-order valence-corrected chi connectivity index (χ1v) is 7.98. The van der Waals surface area contributed by atoms with Gasteiger partial charge >= 0.3 is 5.97 Å². The molecule has 3 aromatic rings. The molecule has 0 bridgehead atoms. The summed E-state index contributed by atoms with van der Waals surface area (Å²) in [4.78, 5) is 28.2. The molecule has 0 fully saturated rings. The van der Waals surface area contributed by atoms with Crippen LogP contribution in [-0.2, 0) is 6.54 Å². The van der Waals surface area contributed by atoms with Crippen LogP contribution in [0.25, 0.3) is 11.4 Å². The van der Waals surface area contributed by atoms with Gasteiger partial charge in [0.2, 0.25) is 5.43 Å². The lowest BCUT2D eigenvalue weighted by molar-refractivity contribution is 0.0694. The molecule has 2 aromatic heterocycles. The zero-order valence-corrected chi connectivity index (χ0v) is 14.3. The van der Waals surface area contributed by atoms with Crippen molar-refractivity contribution in [3.05, 3.63) is 70.2 Å². The molecule has 1 aromatic carbocycles. The van der Waals surface area contributed by atoms with Crippen molar-refractivity contribution < 1.29 is 14.3 Å². The molecular weight excluding hydrogens is 339 g/mol. The molecule has 2 heterocycles. The van der Waals surface area contributed by atoms with Crippen LogP contribution in [0.5, 0.6) is 0 Å². The number of carboxylic acids is 1. The Hall–Kier alpha value is -3.29. The molecule has 3 rings (SSSR count). The van der Waals surface area contributed by atoms with Crippen LogP contribution in [0.3, 0.4) is 0 Å². The molecule has 1 N–H and O–H groups in total. The SMILES string of the molecule is CC(C)n1cc(C(=O)O)c(=O)c(-c2ncnn2Cc2ccc(F)cc2)c1. The lowest BCUT2D eigenvalue weighted by atomic mass is 10.1. The molecule has 0 atom stereocenters. The maximum atomic E-state index is 13.1. The zero-order valence-electron chi connectivity index (χ0n) is 14.3. The average molecular weight is 356 g/mol. The van der Waals surface area contributed by atoms with Crippen molar-refractivity contribution in [2.45, 2.75) is 26.4 Å². The number of hydrogen-bond acceptors (Lipinski definition) is 4. The topological polar surface area (TPSA) is 90.0 Å². The summed E-state index contributed by atoms with van der Waals surface area (Å²) < 4.78 is 16.2. The van der Waals surface area contributed by atoms with Gasteiger partial charge in [0.05, 0.1) is 12.1 Å². The maximum absolute atomic E-state index is 13.1. The highest BCUT2D eigenvalue weighted by Gasteiger charge is 2.19. The summed E-state index contributed by atoms with van der Waals surface area (Å²) >= 11 is 0. The first-order chi connectivity index (χ1) is 12.4. The van der Waals surface area contributed by atoms with Gasteiger partial charge in [-0.1, -0.05) is 12.1 Å². The van der Waals surface area contributed by atoms with Crippen LogP contribution in [0.15, 0.2) is 47.8 Å². The van der Waals surface area contributed by atoms with Crippen LogP contribution in [0.2, 0.25) is 0 Å². The summed E-state index contributed by atoms with van der Waals surface area (Å²) in [6.07, 6.45) is 4.19. The Labute approximate surface area is 148 Å². The molecule has 0 radical (unpaired) electrons. The summed E-state index contributed by atoms with van der Waals surface area (Å²) in [5.74, 6) is -1.38. The number of carboxylic acid groups (broad SMARTS) is 1. The predicted molar refractivity (Wildman–Crippen MR) is 92.6 cm³/mol. The lowest BCUT2D eigenvalue weighted by Gasteiger charge is -2.14. The first kappa shape index (κ1) is 17.5. The van der Waals surface area contributed by atoms with Crippen LogP contribution in [0, 0.1) is 5.82 Å². The third-order valence-electron chi connectivity index (χ3n) is 3.97. The Morgan fingerprint density at radius 2 is 1.92 bits per heavy atom. The maximum Gasteiger partial charge on any atom is 0.341 e. The van der Waals surface area contributed by atoms with E-state index in [1.165, 1.54) is 29.3 Å². The van der Waals surface area contributed by atoms with Crippen molar-refractivity contribution in [3.8, 4) is 11.4 Å². The Morgan fingerprint density at radius 1 is 1.23 bits per heavy atom. The number of rotatable bonds is 5. The second kappa shape index (κ2) is 6.91. The van der Waals surface area contributed by atoms with Crippen LogP contribution in [-0.4, -0.2) is 30.4 Å². The molecule has 0 saturated carbocycles. The summed E-state index contributed by atoms with van der Waals surface area (Å²) in [6, 6.07) is 5.86. The second-order valence-electron chi connectivity index (χ2n) is 6.13. The number of hydrogen-bond donors (Lipinski definition) is 1. The molecule has 134 valence electrons. The standard InChI is InChI=1S/C18H17FN4O3/c1-11(2)22-8-14(16(24)15(9-22)18(25)26)17-20-10-21-23(17)7-12-3-5-13(19)6-4-12/h3-6,8-11H,7H2,1-2H3,(H,25,26). The molecule has 7 nitrogen and oxygen atoms in total. The molecule has 0 aliphatic carbocycles. The molecule has 0 spiro atoms. The minimum absolute atomic E-state index is 0.0408. The minimum atomic E-state index is -1.30. The Morgan fingerprint density at radius 3 is 2.54 bits per heavy atom. The molecule has 8 heteroatoms. The summed E-state index contributed by atoms with van der Waals surface area (Å²) in [5, 5.41) is 13.4. The lowest BCUT2D eigenvalue weighted by Crippen LogP contribution is -2.22. The second-order valence-corrected chi connectivity index (χ2v) is 6.13. The highest BCUT2D eigenvalue weighted by molar-refractivity contribution is 5.88. The number of aromatic nitrogens is 4. The van der Waals surface area contributed by atoms with Crippen molar-refractivity contribution in [1.82, 2.24) is 19.3 Å². The van der Waals surface area contributed by atoms with Crippen molar-refractivity contribution in [1.29, 1.82) is 0 Å². The number of carbonyl (C=O) groups is 1. The molecule has 26 heavy (non-hydrogen) atoms. The van der Waals surface area contributed by atoms with E-state index in [2.05, 4.69) is 10.1 Å². The van der Waals surface area contributed by atoms with Crippen molar-refractivity contribution >= 4 is 5.97 Å². The Balaban J connectivity index is 2.10.